The number of imide groups is 1. The average molecular weight is 740 g/mol. The van der Waals surface area contributed by atoms with Crippen LogP contribution in [0.4, 0.5) is 10.5 Å². The van der Waals surface area contributed by atoms with Gasteiger partial charge in [0.15, 0.2) is 11.5 Å². The zero-order chi connectivity index (χ0) is 26.5. The number of thioether (sulfide) groups is 1. The molecule has 0 unspecified atom stereocenters. The molecule has 1 aliphatic rings. The number of methoxy groups -OCH3 is 1. The molecule has 1 aliphatic heterocycles. The molecule has 3 aromatic rings. The van der Waals surface area contributed by atoms with Crippen molar-refractivity contribution in [3.05, 3.63) is 89.4 Å². The van der Waals surface area contributed by atoms with Gasteiger partial charge in [-0.2, -0.15) is 0 Å². The van der Waals surface area contributed by atoms with E-state index in [1.807, 2.05) is 49.4 Å². The first-order valence-electron chi connectivity index (χ1n) is 11.1. The topological polar surface area (TPSA) is 84.9 Å². The molecule has 4 rings (SSSR count). The summed E-state index contributed by atoms with van der Waals surface area (Å²) < 4.78 is 13.4. The lowest BCUT2D eigenvalue weighted by atomic mass is 10.1. The summed E-state index contributed by atoms with van der Waals surface area (Å²) in [6, 6.07) is 18.9. The van der Waals surface area contributed by atoms with Crippen LogP contribution in [0.5, 0.6) is 11.5 Å². The lowest BCUT2D eigenvalue weighted by Gasteiger charge is -2.14. The van der Waals surface area contributed by atoms with Crippen LogP contribution >= 0.6 is 56.9 Å². The third-order valence-corrected chi connectivity index (χ3v) is 7.78. The predicted molar refractivity (Wildman–Crippen MR) is 162 cm³/mol. The number of nitrogens with zero attached hydrogens (tertiary/aromatic N) is 1. The standard InChI is InChI=1S/C27H22I2N2O5S/c1-16-3-5-17(6-4-16)15-36-25-21(29)11-18(12-22(25)35-2)13-23-26(33)31(27(34)37-23)14-24(32)30-20-9-7-19(28)8-10-20/h3-13H,14-15H2,1-2H3,(H,30,32)/b23-13-. The van der Waals surface area contributed by atoms with Crippen molar-refractivity contribution in [2.45, 2.75) is 13.5 Å². The number of ether oxygens (including phenoxy) is 2. The first kappa shape index (κ1) is 27.5. The van der Waals surface area contributed by atoms with Crippen molar-refractivity contribution < 1.29 is 23.9 Å². The number of amides is 3. The molecule has 10 heteroatoms. The van der Waals surface area contributed by atoms with Gasteiger partial charge in [-0.15, -0.1) is 0 Å². The second kappa shape index (κ2) is 12.3. The van der Waals surface area contributed by atoms with Gasteiger partial charge in [0, 0.05) is 9.26 Å². The zero-order valence-corrected chi connectivity index (χ0v) is 25.0. The van der Waals surface area contributed by atoms with Gasteiger partial charge in [0.05, 0.1) is 15.6 Å². The van der Waals surface area contributed by atoms with Crippen molar-refractivity contribution >= 4 is 85.8 Å². The van der Waals surface area contributed by atoms with Crippen LogP contribution in [0.15, 0.2) is 65.6 Å². The quantitative estimate of drug-likeness (QED) is 0.211. The van der Waals surface area contributed by atoms with Crippen molar-refractivity contribution in [2.75, 3.05) is 19.0 Å². The molecule has 0 radical (unpaired) electrons. The third kappa shape index (κ3) is 7.05. The van der Waals surface area contributed by atoms with E-state index >= 15 is 0 Å². The molecule has 0 saturated carbocycles. The Balaban J connectivity index is 1.46. The molecule has 1 heterocycles. The molecular formula is C27H22I2N2O5S. The smallest absolute Gasteiger partial charge is 0.294 e. The van der Waals surface area contributed by atoms with Crippen molar-refractivity contribution in [1.82, 2.24) is 4.90 Å². The summed E-state index contributed by atoms with van der Waals surface area (Å²) in [5.74, 6) is 0.153. The summed E-state index contributed by atoms with van der Waals surface area (Å²) >= 11 is 5.12. The summed E-state index contributed by atoms with van der Waals surface area (Å²) in [6.45, 7) is 2.06. The van der Waals surface area contributed by atoms with E-state index in [1.54, 1.807) is 31.4 Å². The maximum atomic E-state index is 12.9. The monoisotopic (exact) mass is 740 g/mol. The highest BCUT2D eigenvalue weighted by molar-refractivity contribution is 14.1. The highest BCUT2D eigenvalue weighted by Gasteiger charge is 2.36. The molecule has 7 nitrogen and oxygen atoms in total. The van der Waals surface area contributed by atoms with Crippen LogP contribution in [0.2, 0.25) is 0 Å². The minimum absolute atomic E-state index is 0.234. The van der Waals surface area contributed by atoms with Crippen LogP contribution in [0.3, 0.4) is 0 Å². The van der Waals surface area contributed by atoms with Crippen LogP contribution in [-0.4, -0.2) is 35.6 Å². The van der Waals surface area contributed by atoms with E-state index in [0.29, 0.717) is 29.4 Å². The first-order chi connectivity index (χ1) is 17.7. The number of benzene rings is 3. The van der Waals surface area contributed by atoms with E-state index in [1.165, 1.54) is 5.56 Å². The molecule has 37 heavy (non-hydrogen) atoms. The van der Waals surface area contributed by atoms with E-state index in [-0.39, 0.29) is 11.4 Å². The van der Waals surface area contributed by atoms with Crippen LogP contribution in [-0.2, 0) is 16.2 Å². The number of halogens is 2. The fourth-order valence-electron chi connectivity index (χ4n) is 3.47. The second-order valence-electron chi connectivity index (χ2n) is 8.13. The molecule has 1 fully saturated rings. The molecule has 190 valence electrons. The number of aryl methyl sites for hydroxylation is 1. The van der Waals surface area contributed by atoms with Gasteiger partial charge >= 0.3 is 0 Å². The molecule has 0 aromatic heterocycles. The minimum atomic E-state index is -0.513. The van der Waals surface area contributed by atoms with Crippen molar-refractivity contribution in [2.24, 2.45) is 0 Å². The van der Waals surface area contributed by atoms with Gasteiger partial charge in [-0.1, -0.05) is 29.8 Å². The van der Waals surface area contributed by atoms with Gasteiger partial charge in [0.2, 0.25) is 5.91 Å². The first-order valence-corrected chi connectivity index (χ1v) is 14.1. The molecule has 1 N–H and O–H groups in total. The fraction of sp³-hybridized carbons (Fsp3) is 0.148. The molecule has 0 bridgehead atoms. The van der Waals surface area contributed by atoms with E-state index in [2.05, 4.69) is 50.5 Å². The summed E-state index contributed by atoms with van der Waals surface area (Å²) in [6.07, 6.45) is 1.62. The Labute approximate surface area is 246 Å². The van der Waals surface area contributed by atoms with Crippen molar-refractivity contribution in [1.29, 1.82) is 0 Å². The number of anilines is 1. The van der Waals surface area contributed by atoms with Crippen molar-refractivity contribution in [3.63, 3.8) is 0 Å². The molecule has 3 amide bonds. The lowest BCUT2D eigenvalue weighted by Crippen LogP contribution is -2.36. The van der Waals surface area contributed by atoms with E-state index in [0.717, 1.165) is 29.4 Å². The molecule has 1 saturated heterocycles. The van der Waals surface area contributed by atoms with Gasteiger partial charge in [0.25, 0.3) is 11.1 Å². The Hall–Kier alpha value is -2.58. The van der Waals surface area contributed by atoms with Gasteiger partial charge in [-0.05, 0) is 117 Å². The van der Waals surface area contributed by atoms with Crippen LogP contribution < -0.4 is 14.8 Å². The molecule has 0 spiro atoms. The highest BCUT2D eigenvalue weighted by atomic mass is 127. The normalized spacial score (nSPS) is 14.3. The summed E-state index contributed by atoms with van der Waals surface area (Å²) in [5.41, 5.74) is 3.49. The average Bonchev–Trinajstić information content (AvgIpc) is 3.12. The molecular weight excluding hydrogens is 718 g/mol. The van der Waals surface area contributed by atoms with Gasteiger partial charge in [-0.25, -0.2) is 0 Å². The number of hydrogen-bond donors (Lipinski definition) is 1. The molecule has 3 aromatic carbocycles. The maximum Gasteiger partial charge on any atom is 0.294 e. The van der Waals surface area contributed by atoms with Gasteiger partial charge in [0.1, 0.15) is 13.2 Å². The van der Waals surface area contributed by atoms with Gasteiger partial charge in [-0.3, -0.25) is 19.3 Å². The Kier molecular flexibility index (Phi) is 9.13. The van der Waals surface area contributed by atoms with Crippen LogP contribution in [0.25, 0.3) is 6.08 Å². The molecule has 0 aliphatic carbocycles. The van der Waals surface area contributed by atoms with E-state index in [9.17, 15) is 14.4 Å². The maximum absolute atomic E-state index is 12.9. The summed E-state index contributed by atoms with van der Waals surface area (Å²) in [4.78, 5) is 39.0. The Morgan fingerprint density at radius 3 is 2.43 bits per heavy atom. The second-order valence-corrected chi connectivity index (χ2v) is 11.5. The highest BCUT2D eigenvalue weighted by Crippen LogP contribution is 2.37. The lowest BCUT2D eigenvalue weighted by molar-refractivity contribution is -0.127. The van der Waals surface area contributed by atoms with E-state index < -0.39 is 17.1 Å². The van der Waals surface area contributed by atoms with Crippen LogP contribution in [0, 0.1) is 14.1 Å². The molecule has 0 atom stereocenters. The SMILES string of the molecule is COc1cc(/C=C2\SC(=O)N(CC(=O)Nc3ccc(I)cc3)C2=O)cc(I)c1OCc1ccc(C)cc1. The van der Waals surface area contributed by atoms with Crippen LogP contribution in [0.1, 0.15) is 16.7 Å². The fourth-order valence-corrected chi connectivity index (χ4v) is 5.45. The van der Waals surface area contributed by atoms with E-state index in [4.69, 9.17) is 9.47 Å². The largest absolute Gasteiger partial charge is 0.493 e. The number of carbonyl (C=O) groups is 3. The minimum Gasteiger partial charge on any atom is -0.493 e. The Morgan fingerprint density at radius 1 is 1.05 bits per heavy atom. The number of hydrogen-bond acceptors (Lipinski definition) is 6. The summed E-state index contributed by atoms with van der Waals surface area (Å²) in [7, 11) is 1.55. The zero-order valence-electron chi connectivity index (χ0n) is 19.9. The number of rotatable bonds is 8. The third-order valence-electron chi connectivity index (χ3n) is 5.36. The Morgan fingerprint density at radius 2 is 1.76 bits per heavy atom. The predicted octanol–water partition coefficient (Wildman–Crippen LogP) is 6.47. The Bertz CT molecular complexity index is 1370. The summed E-state index contributed by atoms with van der Waals surface area (Å²) in [5, 5.41) is 2.22. The van der Waals surface area contributed by atoms with Crippen molar-refractivity contribution in [3.8, 4) is 11.5 Å². The number of carbonyl (C=O) groups excluding carboxylic acids is 3. The van der Waals surface area contributed by atoms with Gasteiger partial charge < -0.3 is 14.8 Å². The number of nitrogens with one attached hydrogen (secondary N) is 1.